The zero-order valence-electron chi connectivity index (χ0n) is 4.49. The highest BCUT2D eigenvalue weighted by atomic mass is 16.1. The summed E-state index contributed by atoms with van der Waals surface area (Å²) < 4.78 is 0. The SMILES string of the molecule is CC#CC#CC=C=O. The molecule has 38 valence electrons. The number of hydrogen-bond donors (Lipinski definition) is 0. The molecule has 0 fully saturated rings. The fraction of sp³-hybridized carbons (Fsp3) is 0.143. The van der Waals surface area contributed by atoms with Crippen LogP contribution in [0.1, 0.15) is 6.92 Å². The molecule has 0 N–H and O–H groups in total. The molecule has 0 aromatic rings. The maximum Gasteiger partial charge on any atom is 0.133 e. The van der Waals surface area contributed by atoms with Gasteiger partial charge in [-0.15, -0.1) is 0 Å². The van der Waals surface area contributed by atoms with Gasteiger partial charge in [0, 0.05) is 0 Å². The highest BCUT2D eigenvalue weighted by molar-refractivity contribution is 5.52. The van der Waals surface area contributed by atoms with Crippen LogP contribution in [0.2, 0.25) is 0 Å². The molecule has 1 heteroatoms. The van der Waals surface area contributed by atoms with Gasteiger partial charge in [-0.2, -0.15) is 0 Å². The number of allylic oxidation sites excluding steroid dienone is 1. The molecule has 0 rings (SSSR count). The van der Waals surface area contributed by atoms with Crippen molar-refractivity contribution in [2.45, 2.75) is 6.92 Å². The van der Waals surface area contributed by atoms with Crippen molar-refractivity contribution in [2.75, 3.05) is 0 Å². The Morgan fingerprint density at radius 2 is 2.12 bits per heavy atom. The van der Waals surface area contributed by atoms with Gasteiger partial charge in [-0.3, -0.25) is 0 Å². The molecule has 8 heavy (non-hydrogen) atoms. The van der Waals surface area contributed by atoms with Crippen molar-refractivity contribution in [1.82, 2.24) is 0 Å². The van der Waals surface area contributed by atoms with Crippen LogP contribution in [-0.2, 0) is 4.79 Å². The predicted octanol–water partition coefficient (Wildman–Crippen LogP) is 0.401. The first kappa shape index (κ1) is 6.57. The standard InChI is InChI=1S/C7H4O/c1-2-3-4-5-6-7-8/h6H,1H3. The third-order valence-electron chi connectivity index (χ3n) is 0.391. The number of hydrogen-bond acceptors (Lipinski definition) is 1. The summed E-state index contributed by atoms with van der Waals surface area (Å²) in [6, 6.07) is 0. The maximum absolute atomic E-state index is 9.44. The second-order valence-electron chi connectivity index (χ2n) is 0.907. The van der Waals surface area contributed by atoms with Crippen molar-refractivity contribution in [2.24, 2.45) is 0 Å². The van der Waals surface area contributed by atoms with E-state index in [2.05, 4.69) is 23.7 Å². The van der Waals surface area contributed by atoms with Gasteiger partial charge in [-0.25, -0.2) is 4.79 Å². The Bertz CT molecular complexity index is 210. The van der Waals surface area contributed by atoms with Crippen LogP contribution in [0.5, 0.6) is 0 Å². The van der Waals surface area contributed by atoms with Crippen molar-refractivity contribution in [3.05, 3.63) is 6.08 Å². The molecule has 0 spiro atoms. The van der Waals surface area contributed by atoms with E-state index < -0.39 is 0 Å². The third kappa shape index (κ3) is 4.57. The predicted molar refractivity (Wildman–Crippen MR) is 31.5 cm³/mol. The Labute approximate surface area is 48.4 Å². The summed E-state index contributed by atoms with van der Waals surface area (Å²) in [4.78, 5) is 9.44. The van der Waals surface area contributed by atoms with Crippen molar-refractivity contribution < 1.29 is 4.79 Å². The van der Waals surface area contributed by atoms with Crippen molar-refractivity contribution >= 4 is 5.94 Å². The Balaban J connectivity index is 3.80. The second-order valence-corrected chi connectivity index (χ2v) is 0.907. The van der Waals surface area contributed by atoms with E-state index in [9.17, 15) is 4.79 Å². The van der Waals surface area contributed by atoms with Crippen LogP contribution in [0, 0.1) is 23.7 Å². The van der Waals surface area contributed by atoms with Gasteiger partial charge in [0.1, 0.15) is 5.94 Å². The fourth-order valence-electron chi connectivity index (χ4n) is 0.164. The van der Waals surface area contributed by atoms with E-state index in [-0.39, 0.29) is 0 Å². The van der Waals surface area contributed by atoms with E-state index >= 15 is 0 Å². The summed E-state index contributed by atoms with van der Waals surface area (Å²) in [5.74, 6) is 11.3. The molecule has 1 nitrogen and oxygen atoms in total. The minimum atomic E-state index is 1.09. The van der Waals surface area contributed by atoms with E-state index in [4.69, 9.17) is 0 Å². The molecule has 0 bridgehead atoms. The van der Waals surface area contributed by atoms with E-state index in [0.29, 0.717) is 0 Å². The molecule has 0 atom stereocenters. The van der Waals surface area contributed by atoms with E-state index in [1.165, 1.54) is 5.94 Å². The van der Waals surface area contributed by atoms with Crippen LogP contribution < -0.4 is 0 Å². The van der Waals surface area contributed by atoms with Crippen molar-refractivity contribution in [3.8, 4) is 23.7 Å². The van der Waals surface area contributed by atoms with Crippen LogP contribution in [-0.4, -0.2) is 5.94 Å². The fourth-order valence-corrected chi connectivity index (χ4v) is 0.164. The highest BCUT2D eigenvalue weighted by Crippen LogP contribution is 1.52. The molecule has 0 aromatic heterocycles. The lowest BCUT2D eigenvalue weighted by Gasteiger charge is -1.51. The molecule has 0 aliphatic rings. The zero-order valence-corrected chi connectivity index (χ0v) is 4.49. The Kier molecular flexibility index (Phi) is 4.57. The van der Waals surface area contributed by atoms with Gasteiger partial charge in [-0.05, 0) is 24.7 Å². The summed E-state index contributed by atoms with van der Waals surface area (Å²) in [6.45, 7) is 1.68. The van der Waals surface area contributed by atoms with Gasteiger partial charge >= 0.3 is 0 Å². The molecule has 0 radical (unpaired) electrons. The Morgan fingerprint density at radius 1 is 1.38 bits per heavy atom. The normalized spacial score (nSPS) is 4.12. The molecular weight excluding hydrogens is 100 g/mol. The van der Waals surface area contributed by atoms with Crippen LogP contribution in [0.25, 0.3) is 0 Å². The molecule has 0 heterocycles. The summed E-state index contributed by atoms with van der Waals surface area (Å²) >= 11 is 0. The average Bonchev–Trinajstić information content (AvgIpc) is 1.81. The molecule has 0 saturated heterocycles. The molecule has 0 unspecified atom stereocenters. The minimum absolute atomic E-state index is 1.09. The maximum atomic E-state index is 9.44. The first-order valence-corrected chi connectivity index (χ1v) is 2.03. The lowest BCUT2D eigenvalue weighted by molar-refractivity contribution is 0.569. The Hall–Kier alpha value is -1.43. The van der Waals surface area contributed by atoms with Crippen LogP contribution in [0.3, 0.4) is 0 Å². The third-order valence-corrected chi connectivity index (χ3v) is 0.391. The van der Waals surface area contributed by atoms with Gasteiger partial charge in [0.15, 0.2) is 0 Å². The lowest BCUT2D eigenvalue weighted by atomic mass is 10.5. The number of carbonyl (C=O) groups excluding carboxylic acids is 1. The quantitative estimate of drug-likeness (QED) is 0.321. The average molecular weight is 104 g/mol. The van der Waals surface area contributed by atoms with Crippen LogP contribution in [0.4, 0.5) is 0 Å². The Morgan fingerprint density at radius 3 is 2.62 bits per heavy atom. The van der Waals surface area contributed by atoms with Gasteiger partial charge < -0.3 is 0 Å². The minimum Gasteiger partial charge on any atom is -0.233 e. The van der Waals surface area contributed by atoms with Crippen molar-refractivity contribution in [1.29, 1.82) is 0 Å². The number of rotatable bonds is 0. The van der Waals surface area contributed by atoms with E-state index in [1.54, 1.807) is 6.92 Å². The first-order chi connectivity index (χ1) is 3.91. The molecule has 0 saturated carbocycles. The van der Waals surface area contributed by atoms with E-state index in [0.717, 1.165) is 6.08 Å². The zero-order chi connectivity index (χ0) is 6.24. The smallest absolute Gasteiger partial charge is 0.133 e. The van der Waals surface area contributed by atoms with Gasteiger partial charge in [0.05, 0.1) is 6.08 Å². The first-order valence-electron chi connectivity index (χ1n) is 2.03. The summed E-state index contributed by atoms with van der Waals surface area (Å²) in [7, 11) is 0. The van der Waals surface area contributed by atoms with Gasteiger partial charge in [-0.1, -0.05) is 5.92 Å². The van der Waals surface area contributed by atoms with Crippen LogP contribution >= 0.6 is 0 Å². The molecule has 0 aliphatic carbocycles. The summed E-state index contributed by atoms with van der Waals surface area (Å²) in [5.41, 5.74) is 0. The highest BCUT2D eigenvalue weighted by Gasteiger charge is 1.51. The van der Waals surface area contributed by atoms with Gasteiger partial charge in [0.25, 0.3) is 0 Å². The van der Waals surface area contributed by atoms with Crippen molar-refractivity contribution in [3.63, 3.8) is 0 Å². The van der Waals surface area contributed by atoms with E-state index in [1.807, 2.05) is 0 Å². The van der Waals surface area contributed by atoms with Crippen LogP contribution in [0.15, 0.2) is 6.08 Å². The summed E-state index contributed by atoms with van der Waals surface area (Å²) in [6.07, 6.45) is 1.09. The molecule has 0 aliphatic heterocycles. The molecule has 0 amide bonds. The lowest BCUT2D eigenvalue weighted by Crippen LogP contribution is -1.49. The molecule has 0 aromatic carbocycles. The van der Waals surface area contributed by atoms with Gasteiger partial charge in [0.2, 0.25) is 0 Å². The molecular formula is C7H4O. The second kappa shape index (κ2) is 5.57. The largest absolute Gasteiger partial charge is 0.233 e. The summed E-state index contributed by atoms with van der Waals surface area (Å²) in [5, 5.41) is 0. The topological polar surface area (TPSA) is 17.1 Å². The monoisotopic (exact) mass is 104 g/mol.